The number of carbonyl (C=O) groups excluding carboxylic acids is 2. The molecule has 0 aliphatic carbocycles. The Balaban J connectivity index is 2.93. The Labute approximate surface area is 117 Å². The molecule has 0 aromatic heterocycles. The summed E-state index contributed by atoms with van der Waals surface area (Å²) in [4.78, 5) is 25.2. The lowest BCUT2D eigenvalue weighted by molar-refractivity contribution is -0.144. The molecular formula is C14H19NO5. The molecule has 0 fully saturated rings. The summed E-state index contributed by atoms with van der Waals surface area (Å²) in [5.41, 5.74) is 0.193. The lowest BCUT2D eigenvalue weighted by Crippen LogP contribution is -2.41. The number of amides is 1. The number of benzene rings is 1. The third-order valence-corrected chi connectivity index (χ3v) is 2.71. The molecule has 0 unspecified atom stereocenters. The highest BCUT2D eigenvalue weighted by atomic mass is 16.5. The summed E-state index contributed by atoms with van der Waals surface area (Å²) in [5, 5.41) is 18.7. The van der Waals surface area contributed by atoms with Crippen LogP contribution < -0.4 is 0 Å². The fourth-order valence-corrected chi connectivity index (χ4v) is 1.66. The smallest absolute Gasteiger partial charge is 0.325 e. The normalized spacial score (nSPS) is 10.4. The molecule has 0 aliphatic heterocycles. The molecule has 20 heavy (non-hydrogen) atoms. The molecule has 0 aliphatic rings. The van der Waals surface area contributed by atoms with Gasteiger partial charge in [-0.25, -0.2) is 0 Å². The van der Waals surface area contributed by atoms with E-state index in [1.807, 2.05) is 0 Å². The summed E-state index contributed by atoms with van der Waals surface area (Å²) < 4.78 is 4.83. The van der Waals surface area contributed by atoms with E-state index in [4.69, 9.17) is 4.74 Å². The molecule has 0 saturated heterocycles. The molecule has 1 aromatic carbocycles. The predicted octanol–water partition coefficient (Wildman–Crippen LogP) is 1.51. The number of hydrogen-bond acceptors (Lipinski definition) is 5. The molecular weight excluding hydrogens is 262 g/mol. The Morgan fingerprint density at radius 3 is 2.40 bits per heavy atom. The van der Waals surface area contributed by atoms with E-state index < -0.39 is 11.9 Å². The van der Waals surface area contributed by atoms with Crippen molar-refractivity contribution < 1.29 is 24.5 Å². The van der Waals surface area contributed by atoms with Crippen LogP contribution in [-0.2, 0) is 9.53 Å². The van der Waals surface area contributed by atoms with Gasteiger partial charge >= 0.3 is 5.97 Å². The van der Waals surface area contributed by atoms with E-state index >= 15 is 0 Å². The van der Waals surface area contributed by atoms with Crippen LogP contribution in [0.5, 0.6) is 11.5 Å². The summed E-state index contributed by atoms with van der Waals surface area (Å²) in [6.45, 7) is 5.33. The van der Waals surface area contributed by atoms with Gasteiger partial charge in [0, 0.05) is 11.6 Å². The SMILES string of the molecule is CCOC(=O)CN(C(=O)c1ccc(O)c(O)c1)C(C)C. The van der Waals surface area contributed by atoms with Crippen LogP contribution in [0.3, 0.4) is 0 Å². The Bertz CT molecular complexity index is 498. The van der Waals surface area contributed by atoms with Crippen molar-refractivity contribution in [3.05, 3.63) is 23.8 Å². The van der Waals surface area contributed by atoms with Crippen LogP contribution in [0.4, 0.5) is 0 Å². The maximum Gasteiger partial charge on any atom is 0.325 e. The van der Waals surface area contributed by atoms with Gasteiger partial charge in [0.05, 0.1) is 6.61 Å². The van der Waals surface area contributed by atoms with Gasteiger partial charge < -0.3 is 19.8 Å². The summed E-state index contributed by atoms with van der Waals surface area (Å²) in [7, 11) is 0. The maximum absolute atomic E-state index is 12.3. The molecule has 1 rings (SSSR count). The van der Waals surface area contributed by atoms with E-state index in [-0.39, 0.29) is 36.3 Å². The average molecular weight is 281 g/mol. The van der Waals surface area contributed by atoms with E-state index in [9.17, 15) is 19.8 Å². The van der Waals surface area contributed by atoms with Crippen molar-refractivity contribution in [3.8, 4) is 11.5 Å². The summed E-state index contributed by atoms with van der Waals surface area (Å²) >= 11 is 0. The number of ether oxygens (including phenoxy) is 1. The van der Waals surface area contributed by atoms with Gasteiger partial charge in [0.1, 0.15) is 6.54 Å². The first kappa shape index (κ1) is 15.8. The zero-order chi connectivity index (χ0) is 15.3. The second-order valence-corrected chi connectivity index (χ2v) is 4.54. The van der Waals surface area contributed by atoms with Gasteiger partial charge in [-0.1, -0.05) is 0 Å². The lowest BCUT2D eigenvalue weighted by Gasteiger charge is -2.25. The highest BCUT2D eigenvalue weighted by Gasteiger charge is 2.22. The zero-order valence-corrected chi connectivity index (χ0v) is 11.8. The second-order valence-electron chi connectivity index (χ2n) is 4.54. The van der Waals surface area contributed by atoms with E-state index in [0.29, 0.717) is 0 Å². The van der Waals surface area contributed by atoms with Crippen molar-refractivity contribution in [2.75, 3.05) is 13.2 Å². The molecule has 110 valence electrons. The first-order chi connectivity index (χ1) is 9.36. The van der Waals surface area contributed by atoms with Gasteiger partial charge in [-0.15, -0.1) is 0 Å². The van der Waals surface area contributed by atoms with Crippen molar-refractivity contribution in [2.45, 2.75) is 26.8 Å². The van der Waals surface area contributed by atoms with E-state index in [1.165, 1.54) is 17.0 Å². The number of phenolic OH excluding ortho intramolecular Hbond substituents is 2. The molecule has 0 bridgehead atoms. The number of rotatable bonds is 5. The first-order valence-corrected chi connectivity index (χ1v) is 6.35. The standard InChI is InChI=1S/C14H19NO5/c1-4-20-13(18)8-15(9(2)3)14(19)10-5-6-11(16)12(17)7-10/h5-7,9,16-17H,4,8H2,1-3H3. The lowest BCUT2D eigenvalue weighted by atomic mass is 10.1. The molecule has 2 N–H and O–H groups in total. The van der Waals surface area contributed by atoms with Gasteiger partial charge in [-0.05, 0) is 39.0 Å². The summed E-state index contributed by atoms with van der Waals surface area (Å²) in [6, 6.07) is 3.57. The molecule has 0 heterocycles. The molecule has 6 nitrogen and oxygen atoms in total. The van der Waals surface area contributed by atoms with Crippen LogP contribution in [0.1, 0.15) is 31.1 Å². The van der Waals surface area contributed by atoms with E-state index in [1.54, 1.807) is 20.8 Å². The highest BCUT2D eigenvalue weighted by molar-refractivity contribution is 5.96. The molecule has 0 radical (unpaired) electrons. The largest absolute Gasteiger partial charge is 0.504 e. The predicted molar refractivity (Wildman–Crippen MR) is 72.6 cm³/mol. The van der Waals surface area contributed by atoms with E-state index in [2.05, 4.69) is 0 Å². The minimum absolute atomic E-state index is 0.161. The molecule has 0 saturated carbocycles. The monoisotopic (exact) mass is 281 g/mol. The van der Waals surface area contributed by atoms with Crippen LogP contribution in [0.25, 0.3) is 0 Å². The number of carbonyl (C=O) groups is 2. The molecule has 0 atom stereocenters. The topological polar surface area (TPSA) is 87.1 Å². The van der Waals surface area contributed by atoms with Crippen LogP contribution in [0.2, 0.25) is 0 Å². The number of aromatic hydroxyl groups is 2. The van der Waals surface area contributed by atoms with Crippen LogP contribution in [0, 0.1) is 0 Å². The molecule has 1 amide bonds. The van der Waals surface area contributed by atoms with E-state index in [0.717, 1.165) is 6.07 Å². The van der Waals surface area contributed by atoms with Gasteiger partial charge in [0.15, 0.2) is 11.5 Å². The number of phenols is 2. The van der Waals surface area contributed by atoms with Gasteiger partial charge in [-0.2, -0.15) is 0 Å². The fraction of sp³-hybridized carbons (Fsp3) is 0.429. The Kier molecular flexibility index (Phi) is 5.37. The number of nitrogens with zero attached hydrogens (tertiary/aromatic N) is 1. The third kappa shape index (κ3) is 3.88. The van der Waals surface area contributed by atoms with Crippen molar-refractivity contribution in [3.63, 3.8) is 0 Å². The minimum Gasteiger partial charge on any atom is -0.504 e. The van der Waals surface area contributed by atoms with Crippen molar-refractivity contribution in [2.24, 2.45) is 0 Å². The molecule has 0 spiro atoms. The maximum atomic E-state index is 12.3. The van der Waals surface area contributed by atoms with Crippen molar-refractivity contribution in [1.29, 1.82) is 0 Å². The number of hydrogen-bond donors (Lipinski definition) is 2. The summed E-state index contributed by atoms with van der Waals surface area (Å²) in [5.74, 6) is -1.58. The van der Waals surface area contributed by atoms with Crippen LogP contribution in [0.15, 0.2) is 18.2 Å². The van der Waals surface area contributed by atoms with Crippen molar-refractivity contribution in [1.82, 2.24) is 4.90 Å². The Morgan fingerprint density at radius 1 is 1.25 bits per heavy atom. The summed E-state index contributed by atoms with van der Waals surface area (Å²) in [6.07, 6.45) is 0. The highest BCUT2D eigenvalue weighted by Crippen LogP contribution is 2.25. The van der Waals surface area contributed by atoms with Gasteiger partial charge in [0.2, 0.25) is 0 Å². The van der Waals surface area contributed by atoms with Crippen LogP contribution in [-0.4, -0.2) is 46.2 Å². The average Bonchev–Trinajstić information content (AvgIpc) is 2.38. The quantitative estimate of drug-likeness (QED) is 0.631. The Hall–Kier alpha value is -2.24. The first-order valence-electron chi connectivity index (χ1n) is 6.35. The Morgan fingerprint density at radius 2 is 1.90 bits per heavy atom. The third-order valence-electron chi connectivity index (χ3n) is 2.71. The molecule has 6 heteroatoms. The zero-order valence-electron chi connectivity index (χ0n) is 11.8. The van der Waals surface area contributed by atoms with Gasteiger partial charge in [-0.3, -0.25) is 9.59 Å². The van der Waals surface area contributed by atoms with Gasteiger partial charge in [0.25, 0.3) is 5.91 Å². The second kappa shape index (κ2) is 6.79. The minimum atomic E-state index is -0.488. The fourth-order valence-electron chi connectivity index (χ4n) is 1.66. The van der Waals surface area contributed by atoms with Crippen molar-refractivity contribution >= 4 is 11.9 Å². The van der Waals surface area contributed by atoms with Crippen LogP contribution >= 0.6 is 0 Å². The molecule has 1 aromatic rings. The number of esters is 1.